The lowest BCUT2D eigenvalue weighted by atomic mass is 10.1. The molecule has 0 aliphatic rings. The van der Waals surface area contributed by atoms with E-state index in [1.807, 2.05) is 6.20 Å². The molecule has 0 aromatic carbocycles. The van der Waals surface area contributed by atoms with Crippen molar-refractivity contribution in [2.24, 2.45) is 0 Å². The SMILES string of the molecule is CCc1ncc(CNC(C)(C)COC)s1. The number of methoxy groups -OCH3 is 1. The molecule has 1 N–H and O–H groups in total. The summed E-state index contributed by atoms with van der Waals surface area (Å²) in [6, 6.07) is 0. The van der Waals surface area contributed by atoms with Gasteiger partial charge in [-0.15, -0.1) is 11.3 Å². The molecule has 0 fully saturated rings. The summed E-state index contributed by atoms with van der Waals surface area (Å²) in [6.07, 6.45) is 2.98. The highest BCUT2D eigenvalue weighted by molar-refractivity contribution is 7.11. The zero-order chi connectivity index (χ0) is 11.3. The molecule has 1 aromatic rings. The van der Waals surface area contributed by atoms with E-state index in [-0.39, 0.29) is 5.54 Å². The summed E-state index contributed by atoms with van der Waals surface area (Å²) in [5.74, 6) is 0. The minimum Gasteiger partial charge on any atom is -0.383 e. The molecule has 1 aromatic heterocycles. The average molecular weight is 228 g/mol. The van der Waals surface area contributed by atoms with Gasteiger partial charge in [-0.2, -0.15) is 0 Å². The molecule has 0 unspecified atom stereocenters. The summed E-state index contributed by atoms with van der Waals surface area (Å²) in [5, 5.41) is 4.66. The monoisotopic (exact) mass is 228 g/mol. The normalized spacial score (nSPS) is 12.0. The highest BCUT2D eigenvalue weighted by Crippen LogP contribution is 2.14. The first-order chi connectivity index (χ1) is 7.07. The number of aryl methyl sites for hydroxylation is 1. The summed E-state index contributed by atoms with van der Waals surface area (Å²) < 4.78 is 5.15. The molecule has 0 aliphatic heterocycles. The van der Waals surface area contributed by atoms with Crippen LogP contribution in [0.3, 0.4) is 0 Å². The van der Waals surface area contributed by atoms with Crippen LogP contribution in [-0.2, 0) is 17.7 Å². The van der Waals surface area contributed by atoms with Gasteiger partial charge in [-0.25, -0.2) is 4.98 Å². The maximum absolute atomic E-state index is 5.15. The quantitative estimate of drug-likeness (QED) is 0.810. The average Bonchev–Trinajstić information content (AvgIpc) is 2.62. The van der Waals surface area contributed by atoms with Crippen molar-refractivity contribution < 1.29 is 4.74 Å². The van der Waals surface area contributed by atoms with Gasteiger partial charge in [-0.05, 0) is 20.3 Å². The fourth-order valence-corrected chi connectivity index (χ4v) is 2.13. The molecule has 15 heavy (non-hydrogen) atoms. The number of nitrogens with one attached hydrogen (secondary N) is 1. The van der Waals surface area contributed by atoms with Crippen LogP contribution in [0, 0.1) is 0 Å². The van der Waals surface area contributed by atoms with Crippen LogP contribution in [0.5, 0.6) is 0 Å². The molecular weight excluding hydrogens is 208 g/mol. The molecule has 0 spiro atoms. The second-order valence-corrected chi connectivity index (χ2v) is 5.44. The van der Waals surface area contributed by atoms with Crippen molar-refractivity contribution in [1.29, 1.82) is 0 Å². The van der Waals surface area contributed by atoms with Crippen LogP contribution in [0.25, 0.3) is 0 Å². The molecule has 3 nitrogen and oxygen atoms in total. The maximum Gasteiger partial charge on any atom is 0.0925 e. The smallest absolute Gasteiger partial charge is 0.0925 e. The summed E-state index contributed by atoms with van der Waals surface area (Å²) in [5.41, 5.74) is 0.0190. The van der Waals surface area contributed by atoms with Crippen LogP contribution in [0.4, 0.5) is 0 Å². The van der Waals surface area contributed by atoms with E-state index >= 15 is 0 Å². The van der Waals surface area contributed by atoms with E-state index in [1.54, 1.807) is 18.4 Å². The number of rotatable bonds is 6. The van der Waals surface area contributed by atoms with Gasteiger partial charge in [-0.1, -0.05) is 6.92 Å². The molecule has 0 saturated heterocycles. The summed E-state index contributed by atoms with van der Waals surface area (Å²) in [4.78, 5) is 5.62. The number of hydrogen-bond donors (Lipinski definition) is 1. The van der Waals surface area contributed by atoms with Gasteiger partial charge in [0.1, 0.15) is 0 Å². The van der Waals surface area contributed by atoms with E-state index in [0.717, 1.165) is 13.0 Å². The van der Waals surface area contributed by atoms with Gasteiger partial charge >= 0.3 is 0 Å². The summed E-state index contributed by atoms with van der Waals surface area (Å²) >= 11 is 1.78. The Bertz CT molecular complexity index is 297. The minimum atomic E-state index is 0.0190. The zero-order valence-corrected chi connectivity index (χ0v) is 10.8. The third-order valence-electron chi connectivity index (χ3n) is 2.15. The fourth-order valence-electron chi connectivity index (χ4n) is 1.33. The van der Waals surface area contributed by atoms with Gasteiger partial charge in [0, 0.05) is 30.3 Å². The lowest BCUT2D eigenvalue weighted by molar-refractivity contribution is 0.128. The van der Waals surface area contributed by atoms with E-state index < -0.39 is 0 Å². The Labute approximate surface area is 95.9 Å². The number of hydrogen-bond acceptors (Lipinski definition) is 4. The van der Waals surface area contributed by atoms with Crippen molar-refractivity contribution in [3.8, 4) is 0 Å². The van der Waals surface area contributed by atoms with E-state index in [9.17, 15) is 0 Å². The largest absolute Gasteiger partial charge is 0.383 e. The standard InChI is InChI=1S/C11H20N2OS/c1-5-10-12-6-9(15-10)7-13-11(2,3)8-14-4/h6,13H,5,7-8H2,1-4H3. The van der Waals surface area contributed by atoms with Crippen LogP contribution in [0.15, 0.2) is 6.20 Å². The molecule has 4 heteroatoms. The summed E-state index contributed by atoms with van der Waals surface area (Å²) in [7, 11) is 1.73. The first-order valence-electron chi connectivity index (χ1n) is 5.25. The van der Waals surface area contributed by atoms with Crippen molar-refractivity contribution in [1.82, 2.24) is 10.3 Å². The molecule has 1 heterocycles. The minimum absolute atomic E-state index is 0.0190. The number of thiazole rings is 1. The molecule has 0 atom stereocenters. The Balaban J connectivity index is 2.42. The molecule has 0 saturated carbocycles. The molecule has 0 bridgehead atoms. The van der Waals surface area contributed by atoms with Crippen molar-refractivity contribution in [2.75, 3.05) is 13.7 Å². The maximum atomic E-state index is 5.15. The first-order valence-corrected chi connectivity index (χ1v) is 6.06. The highest BCUT2D eigenvalue weighted by atomic mass is 32.1. The lowest BCUT2D eigenvalue weighted by Gasteiger charge is -2.24. The second kappa shape index (κ2) is 5.58. The molecule has 0 radical (unpaired) electrons. The third-order valence-corrected chi connectivity index (χ3v) is 3.29. The first kappa shape index (κ1) is 12.6. The second-order valence-electron chi connectivity index (χ2n) is 4.24. The topological polar surface area (TPSA) is 34.2 Å². The Hall–Kier alpha value is -0.450. The van der Waals surface area contributed by atoms with Crippen molar-refractivity contribution in [3.63, 3.8) is 0 Å². The van der Waals surface area contributed by atoms with Gasteiger partial charge < -0.3 is 10.1 Å². The molecule has 1 rings (SSSR count). The van der Waals surface area contributed by atoms with Gasteiger partial charge in [0.05, 0.1) is 11.6 Å². The van der Waals surface area contributed by atoms with Crippen LogP contribution < -0.4 is 5.32 Å². The van der Waals surface area contributed by atoms with Crippen molar-refractivity contribution in [3.05, 3.63) is 16.1 Å². The highest BCUT2D eigenvalue weighted by Gasteiger charge is 2.16. The molecule has 0 amide bonds. The number of nitrogens with zero attached hydrogens (tertiary/aromatic N) is 1. The van der Waals surface area contributed by atoms with Gasteiger partial charge in [0.25, 0.3) is 0 Å². The number of ether oxygens (including phenoxy) is 1. The predicted molar refractivity (Wildman–Crippen MR) is 64.3 cm³/mol. The van der Waals surface area contributed by atoms with E-state index in [1.165, 1.54) is 9.88 Å². The van der Waals surface area contributed by atoms with Crippen molar-refractivity contribution in [2.45, 2.75) is 39.3 Å². The third kappa shape index (κ3) is 4.28. The Morgan fingerprint density at radius 1 is 1.53 bits per heavy atom. The predicted octanol–water partition coefficient (Wildman–Crippen LogP) is 2.22. The Kier molecular flexibility index (Phi) is 4.70. The zero-order valence-electron chi connectivity index (χ0n) is 9.96. The number of aromatic nitrogens is 1. The Morgan fingerprint density at radius 3 is 2.80 bits per heavy atom. The van der Waals surface area contributed by atoms with E-state index in [2.05, 4.69) is 31.1 Å². The van der Waals surface area contributed by atoms with Gasteiger partial charge in [0.15, 0.2) is 0 Å². The molecular formula is C11H20N2OS. The lowest BCUT2D eigenvalue weighted by Crippen LogP contribution is -2.42. The Morgan fingerprint density at radius 2 is 2.27 bits per heavy atom. The van der Waals surface area contributed by atoms with Crippen LogP contribution in [0.1, 0.15) is 30.7 Å². The summed E-state index contributed by atoms with van der Waals surface area (Å²) in [6.45, 7) is 7.99. The van der Waals surface area contributed by atoms with Crippen LogP contribution >= 0.6 is 11.3 Å². The van der Waals surface area contributed by atoms with Crippen molar-refractivity contribution >= 4 is 11.3 Å². The van der Waals surface area contributed by atoms with E-state index in [0.29, 0.717) is 6.61 Å². The molecule has 86 valence electrons. The van der Waals surface area contributed by atoms with E-state index in [4.69, 9.17) is 4.74 Å². The van der Waals surface area contributed by atoms with Gasteiger partial charge in [-0.3, -0.25) is 0 Å². The fraction of sp³-hybridized carbons (Fsp3) is 0.727. The molecule has 0 aliphatic carbocycles. The van der Waals surface area contributed by atoms with Crippen LogP contribution in [0.2, 0.25) is 0 Å². The van der Waals surface area contributed by atoms with Gasteiger partial charge in [0.2, 0.25) is 0 Å². The van der Waals surface area contributed by atoms with Crippen LogP contribution in [-0.4, -0.2) is 24.2 Å².